The molecule has 10 heteroatoms. The van der Waals surface area contributed by atoms with Crippen molar-refractivity contribution >= 4 is 28.9 Å². The molecule has 0 atom stereocenters. The zero-order chi connectivity index (χ0) is 20.8. The average Bonchev–Trinajstić information content (AvgIpc) is 3.31. The van der Waals surface area contributed by atoms with Gasteiger partial charge in [0.1, 0.15) is 6.54 Å². The molecular weight excluding hydrogens is 392 g/mol. The number of hydrazine groups is 1. The summed E-state index contributed by atoms with van der Waals surface area (Å²) < 4.78 is 0. The Hall–Kier alpha value is -3.40. The van der Waals surface area contributed by atoms with Gasteiger partial charge in [0.05, 0.1) is 0 Å². The van der Waals surface area contributed by atoms with Gasteiger partial charge in [0.2, 0.25) is 11.7 Å². The topological polar surface area (TPSA) is 119 Å². The van der Waals surface area contributed by atoms with Gasteiger partial charge in [-0.1, -0.05) is 30.3 Å². The zero-order valence-electron chi connectivity index (χ0n) is 16.0. The molecule has 2 amide bonds. The van der Waals surface area contributed by atoms with Crippen molar-refractivity contribution in [2.24, 2.45) is 0 Å². The number of nitrogens with zero attached hydrogens (tertiary/aromatic N) is 4. The van der Waals surface area contributed by atoms with E-state index in [4.69, 9.17) is 0 Å². The van der Waals surface area contributed by atoms with Gasteiger partial charge in [-0.15, -0.1) is 21.5 Å². The molecule has 29 heavy (non-hydrogen) atoms. The van der Waals surface area contributed by atoms with Crippen molar-refractivity contribution in [2.45, 2.75) is 33.2 Å². The van der Waals surface area contributed by atoms with Crippen LogP contribution in [0.4, 0.5) is 0 Å². The van der Waals surface area contributed by atoms with E-state index in [1.807, 2.05) is 50.2 Å². The van der Waals surface area contributed by atoms with E-state index in [-0.39, 0.29) is 25.2 Å². The molecule has 0 fully saturated rings. The molecule has 0 aliphatic carbocycles. The fourth-order valence-corrected chi connectivity index (χ4v) is 3.59. The van der Waals surface area contributed by atoms with Gasteiger partial charge in [-0.3, -0.25) is 25.2 Å². The van der Waals surface area contributed by atoms with Crippen LogP contribution in [0, 0.1) is 13.8 Å². The molecule has 0 unspecified atom stereocenters. The normalized spacial score (nSPS) is 10.6. The van der Waals surface area contributed by atoms with Gasteiger partial charge < -0.3 is 0 Å². The van der Waals surface area contributed by atoms with E-state index in [1.54, 1.807) is 11.3 Å². The summed E-state index contributed by atoms with van der Waals surface area (Å²) in [4.78, 5) is 39.2. The lowest BCUT2D eigenvalue weighted by Gasteiger charge is -2.06. The third-order valence-electron chi connectivity index (χ3n) is 4.03. The molecule has 0 bridgehead atoms. The first-order valence-corrected chi connectivity index (χ1v) is 9.75. The third-order valence-corrected chi connectivity index (χ3v) is 5.00. The summed E-state index contributed by atoms with van der Waals surface area (Å²) in [5.41, 5.74) is 6.01. The lowest BCUT2D eigenvalue weighted by atomic mass is 10.1. The van der Waals surface area contributed by atoms with Crippen LogP contribution in [0.1, 0.15) is 33.0 Å². The standard InChI is InChI=1S/C19H20N6O3S/c1-12-10-15(13(2)29-12)16(26)8-9-17(27)20-21-18(28)11-25-23-19(22-24-25)14-6-4-3-5-7-14/h3-7,10H,8-9,11H2,1-2H3,(H,20,27)(H,21,28). The van der Waals surface area contributed by atoms with E-state index in [0.29, 0.717) is 11.4 Å². The maximum atomic E-state index is 12.2. The lowest BCUT2D eigenvalue weighted by Crippen LogP contribution is -2.43. The minimum atomic E-state index is -0.508. The van der Waals surface area contributed by atoms with Crippen molar-refractivity contribution in [3.63, 3.8) is 0 Å². The van der Waals surface area contributed by atoms with Crippen LogP contribution >= 0.6 is 11.3 Å². The highest BCUT2D eigenvalue weighted by atomic mass is 32.1. The molecule has 0 saturated heterocycles. The van der Waals surface area contributed by atoms with Gasteiger partial charge >= 0.3 is 0 Å². The number of amides is 2. The second kappa shape index (κ2) is 9.20. The fraction of sp³-hybridized carbons (Fsp3) is 0.263. The van der Waals surface area contributed by atoms with Crippen molar-refractivity contribution in [3.05, 3.63) is 51.7 Å². The average molecular weight is 412 g/mol. The molecule has 0 aliphatic heterocycles. The molecule has 3 aromatic rings. The number of benzene rings is 1. The van der Waals surface area contributed by atoms with E-state index in [9.17, 15) is 14.4 Å². The van der Waals surface area contributed by atoms with E-state index in [2.05, 4.69) is 26.3 Å². The Morgan fingerprint density at radius 1 is 1.03 bits per heavy atom. The summed E-state index contributed by atoms with van der Waals surface area (Å²) in [6.07, 6.45) is 0.0525. The van der Waals surface area contributed by atoms with Gasteiger partial charge in [0.25, 0.3) is 5.91 Å². The van der Waals surface area contributed by atoms with Crippen molar-refractivity contribution in [1.29, 1.82) is 0 Å². The number of Topliss-reactive ketones (excluding diaryl/α,β-unsaturated/α-hetero) is 1. The minimum absolute atomic E-state index is 0.0207. The Kier molecular flexibility index (Phi) is 6.45. The number of carbonyl (C=O) groups is 3. The number of hydrogen-bond donors (Lipinski definition) is 2. The molecule has 0 spiro atoms. The van der Waals surface area contributed by atoms with Crippen LogP contribution in [-0.4, -0.2) is 37.8 Å². The molecule has 2 N–H and O–H groups in total. The van der Waals surface area contributed by atoms with Crippen molar-refractivity contribution in [1.82, 2.24) is 31.1 Å². The summed E-state index contributed by atoms with van der Waals surface area (Å²) in [7, 11) is 0. The fourth-order valence-electron chi connectivity index (χ4n) is 2.65. The minimum Gasteiger partial charge on any atom is -0.294 e. The Bertz CT molecular complexity index is 1030. The molecule has 0 aliphatic rings. The molecule has 9 nitrogen and oxygen atoms in total. The smallest absolute Gasteiger partial charge is 0.262 e. The van der Waals surface area contributed by atoms with Gasteiger partial charge in [-0.2, -0.15) is 4.80 Å². The predicted octanol–water partition coefficient (Wildman–Crippen LogP) is 1.83. The van der Waals surface area contributed by atoms with Crippen LogP contribution in [0.25, 0.3) is 11.4 Å². The number of tetrazole rings is 1. The Morgan fingerprint density at radius 2 is 1.76 bits per heavy atom. The SMILES string of the molecule is Cc1cc(C(=O)CCC(=O)NNC(=O)Cn2nnc(-c3ccccc3)n2)c(C)s1. The molecular formula is C19H20N6O3S. The van der Waals surface area contributed by atoms with Crippen molar-refractivity contribution < 1.29 is 14.4 Å². The molecule has 150 valence electrons. The number of carbonyl (C=O) groups excluding carboxylic acids is 3. The quantitative estimate of drug-likeness (QED) is 0.451. The zero-order valence-corrected chi connectivity index (χ0v) is 16.8. The summed E-state index contributed by atoms with van der Waals surface area (Å²) in [5, 5.41) is 11.8. The van der Waals surface area contributed by atoms with E-state index >= 15 is 0 Å². The van der Waals surface area contributed by atoms with E-state index in [1.165, 1.54) is 0 Å². The summed E-state index contributed by atoms with van der Waals surface area (Å²) >= 11 is 1.55. The highest BCUT2D eigenvalue weighted by Crippen LogP contribution is 2.22. The largest absolute Gasteiger partial charge is 0.294 e. The van der Waals surface area contributed by atoms with E-state index < -0.39 is 11.8 Å². The van der Waals surface area contributed by atoms with Crippen LogP contribution in [0.2, 0.25) is 0 Å². The highest BCUT2D eigenvalue weighted by molar-refractivity contribution is 7.12. The third kappa shape index (κ3) is 5.55. The van der Waals surface area contributed by atoms with Gasteiger partial charge in [-0.25, -0.2) is 0 Å². The highest BCUT2D eigenvalue weighted by Gasteiger charge is 2.14. The first kappa shape index (κ1) is 20.3. The number of hydrogen-bond acceptors (Lipinski definition) is 7. The number of nitrogens with one attached hydrogen (secondary N) is 2. The van der Waals surface area contributed by atoms with Gasteiger partial charge in [0.15, 0.2) is 5.78 Å². The second-order valence-electron chi connectivity index (χ2n) is 6.36. The number of thiophene rings is 1. The van der Waals surface area contributed by atoms with Crippen molar-refractivity contribution in [2.75, 3.05) is 0 Å². The number of aryl methyl sites for hydroxylation is 2. The number of aromatic nitrogens is 4. The Balaban J connectivity index is 1.42. The molecule has 0 saturated carbocycles. The molecule has 0 radical (unpaired) electrons. The van der Waals surface area contributed by atoms with Crippen LogP contribution in [-0.2, 0) is 16.1 Å². The molecule has 2 heterocycles. The summed E-state index contributed by atoms with van der Waals surface area (Å²) in [6, 6.07) is 11.1. The predicted molar refractivity (Wildman–Crippen MR) is 107 cm³/mol. The Morgan fingerprint density at radius 3 is 2.45 bits per heavy atom. The summed E-state index contributed by atoms with van der Waals surface area (Å²) in [5.74, 6) is -0.646. The number of rotatable bonds is 7. The first-order valence-electron chi connectivity index (χ1n) is 8.93. The van der Waals surface area contributed by atoms with Crippen LogP contribution < -0.4 is 10.9 Å². The van der Waals surface area contributed by atoms with Crippen LogP contribution in [0.3, 0.4) is 0 Å². The maximum Gasteiger partial charge on any atom is 0.262 e. The number of ketones is 1. The Labute approximate surface area is 171 Å². The van der Waals surface area contributed by atoms with Gasteiger partial charge in [-0.05, 0) is 25.1 Å². The van der Waals surface area contributed by atoms with Crippen LogP contribution in [0.15, 0.2) is 36.4 Å². The maximum absolute atomic E-state index is 12.2. The first-order chi connectivity index (χ1) is 13.9. The summed E-state index contributed by atoms with van der Waals surface area (Å²) in [6.45, 7) is 3.61. The van der Waals surface area contributed by atoms with E-state index in [0.717, 1.165) is 20.1 Å². The molecule has 1 aromatic carbocycles. The van der Waals surface area contributed by atoms with Crippen molar-refractivity contribution in [3.8, 4) is 11.4 Å². The monoisotopic (exact) mass is 412 g/mol. The second-order valence-corrected chi connectivity index (χ2v) is 7.82. The van der Waals surface area contributed by atoms with Crippen LogP contribution in [0.5, 0.6) is 0 Å². The molecule has 2 aromatic heterocycles. The van der Waals surface area contributed by atoms with Gasteiger partial charge in [0, 0.05) is 33.7 Å². The molecule has 3 rings (SSSR count). The lowest BCUT2D eigenvalue weighted by molar-refractivity contribution is -0.129.